The van der Waals surface area contributed by atoms with Crippen LogP contribution in [0.1, 0.15) is 31.2 Å². The van der Waals surface area contributed by atoms with Crippen molar-refractivity contribution in [1.82, 2.24) is 5.32 Å². The summed E-state index contributed by atoms with van der Waals surface area (Å²) in [4.78, 5) is 4.38. The number of guanidine groups is 1. The summed E-state index contributed by atoms with van der Waals surface area (Å²) in [5, 5.41) is 3.82. The summed E-state index contributed by atoms with van der Waals surface area (Å²) in [5.74, 6) is 1.79. The van der Waals surface area contributed by atoms with Crippen molar-refractivity contribution in [2.45, 2.75) is 38.3 Å². The maximum absolute atomic E-state index is 6.20. The third-order valence-corrected chi connectivity index (χ3v) is 4.08. The second-order valence-electron chi connectivity index (χ2n) is 5.43. The number of nitrogens with two attached hydrogens (primary N) is 1. The molecule has 0 bridgehead atoms. The van der Waals surface area contributed by atoms with E-state index in [0.717, 1.165) is 5.56 Å². The van der Waals surface area contributed by atoms with Gasteiger partial charge in [0.15, 0.2) is 17.5 Å². The van der Waals surface area contributed by atoms with Gasteiger partial charge in [-0.3, -0.25) is 0 Å². The van der Waals surface area contributed by atoms with Crippen LogP contribution in [0.5, 0.6) is 11.5 Å². The lowest BCUT2D eigenvalue weighted by atomic mass is 10.2. The summed E-state index contributed by atoms with van der Waals surface area (Å²) in [6.45, 7) is 1.55. The van der Waals surface area contributed by atoms with Gasteiger partial charge in [0.05, 0.1) is 11.6 Å². The predicted octanol–water partition coefficient (Wildman–Crippen LogP) is 2.46. The summed E-state index contributed by atoms with van der Waals surface area (Å²) < 4.78 is 11.0. The first-order valence-electron chi connectivity index (χ1n) is 7.37. The zero-order valence-electron chi connectivity index (χ0n) is 11.9. The Morgan fingerprint density at radius 1 is 1.29 bits per heavy atom. The third-order valence-electron chi connectivity index (χ3n) is 3.80. The minimum atomic E-state index is 0.470. The third kappa shape index (κ3) is 3.53. The minimum Gasteiger partial charge on any atom is -0.486 e. The first-order valence-corrected chi connectivity index (χ1v) is 7.74. The molecule has 3 rings (SSSR count). The van der Waals surface area contributed by atoms with Crippen molar-refractivity contribution in [3.8, 4) is 11.5 Å². The van der Waals surface area contributed by atoms with Crippen molar-refractivity contribution >= 4 is 17.6 Å². The Hall–Kier alpha value is -1.62. The van der Waals surface area contributed by atoms with Gasteiger partial charge >= 0.3 is 0 Å². The number of aliphatic imine (C=N–C) groups is 1. The van der Waals surface area contributed by atoms with Crippen molar-refractivity contribution in [3.63, 3.8) is 0 Å². The average molecular weight is 310 g/mol. The van der Waals surface area contributed by atoms with E-state index in [9.17, 15) is 0 Å². The molecule has 0 spiro atoms. The van der Waals surface area contributed by atoms with E-state index in [-0.39, 0.29) is 0 Å². The Morgan fingerprint density at radius 2 is 2.05 bits per heavy atom. The second-order valence-corrected chi connectivity index (χ2v) is 5.84. The van der Waals surface area contributed by atoms with E-state index < -0.39 is 0 Å². The van der Waals surface area contributed by atoms with Gasteiger partial charge in [0.25, 0.3) is 0 Å². The molecule has 0 aromatic heterocycles. The summed E-state index contributed by atoms with van der Waals surface area (Å²) in [6.07, 6.45) is 4.88. The molecule has 5 nitrogen and oxygen atoms in total. The van der Waals surface area contributed by atoms with Crippen LogP contribution < -0.4 is 20.5 Å². The van der Waals surface area contributed by atoms with Gasteiger partial charge in [0.2, 0.25) is 0 Å². The van der Waals surface area contributed by atoms with Crippen LogP contribution in [-0.4, -0.2) is 25.2 Å². The molecule has 0 atom stereocenters. The molecular formula is C15H20ClN3O2. The van der Waals surface area contributed by atoms with Gasteiger partial charge in [0.1, 0.15) is 13.2 Å². The van der Waals surface area contributed by atoms with Gasteiger partial charge < -0.3 is 20.5 Å². The van der Waals surface area contributed by atoms with Crippen LogP contribution in [0.3, 0.4) is 0 Å². The van der Waals surface area contributed by atoms with Gasteiger partial charge in [0, 0.05) is 6.04 Å². The van der Waals surface area contributed by atoms with E-state index in [0.29, 0.717) is 48.3 Å². The average Bonchev–Trinajstić information content (AvgIpc) is 2.98. The molecule has 0 saturated heterocycles. The molecule has 1 aliphatic carbocycles. The van der Waals surface area contributed by atoms with Gasteiger partial charge in [-0.15, -0.1) is 0 Å². The molecule has 114 valence electrons. The Bertz CT molecular complexity index is 542. The SMILES string of the molecule is NC(=NCc1cc(Cl)c2c(c1)OCCO2)NC1CCCC1. The fourth-order valence-corrected chi connectivity index (χ4v) is 3.04. The standard InChI is InChI=1S/C15H20ClN3O2/c16-12-7-10(8-13-14(12)21-6-5-20-13)9-18-15(17)19-11-3-1-2-4-11/h7-8,11H,1-6,9H2,(H3,17,18,19). The van der Waals surface area contributed by atoms with Crippen LogP contribution in [0, 0.1) is 0 Å². The van der Waals surface area contributed by atoms with E-state index in [1.54, 1.807) is 0 Å². The molecule has 1 aromatic carbocycles. The summed E-state index contributed by atoms with van der Waals surface area (Å²) in [5.41, 5.74) is 6.89. The van der Waals surface area contributed by atoms with Crippen molar-refractivity contribution in [2.75, 3.05) is 13.2 Å². The van der Waals surface area contributed by atoms with Crippen LogP contribution >= 0.6 is 11.6 Å². The number of nitrogens with zero attached hydrogens (tertiary/aromatic N) is 1. The molecule has 0 unspecified atom stereocenters. The van der Waals surface area contributed by atoms with Crippen molar-refractivity contribution in [1.29, 1.82) is 0 Å². The fraction of sp³-hybridized carbons (Fsp3) is 0.533. The van der Waals surface area contributed by atoms with Crippen LogP contribution in [-0.2, 0) is 6.54 Å². The van der Waals surface area contributed by atoms with Crippen LogP contribution in [0.2, 0.25) is 5.02 Å². The van der Waals surface area contributed by atoms with Crippen molar-refractivity contribution in [2.24, 2.45) is 10.7 Å². The first kappa shape index (κ1) is 14.3. The Morgan fingerprint density at radius 3 is 2.86 bits per heavy atom. The highest BCUT2D eigenvalue weighted by Gasteiger charge is 2.17. The molecular weight excluding hydrogens is 290 g/mol. The summed E-state index contributed by atoms with van der Waals surface area (Å²) in [6, 6.07) is 4.23. The lowest BCUT2D eigenvalue weighted by Gasteiger charge is -2.20. The van der Waals surface area contributed by atoms with Gasteiger partial charge in [-0.25, -0.2) is 4.99 Å². The Labute approximate surface area is 129 Å². The number of fused-ring (bicyclic) bond motifs is 1. The lowest BCUT2D eigenvalue weighted by molar-refractivity contribution is 0.171. The van der Waals surface area contributed by atoms with E-state index in [1.165, 1.54) is 25.7 Å². The predicted molar refractivity (Wildman–Crippen MR) is 83.2 cm³/mol. The highest BCUT2D eigenvalue weighted by molar-refractivity contribution is 6.32. The smallest absolute Gasteiger partial charge is 0.189 e. The summed E-state index contributed by atoms with van der Waals surface area (Å²) in [7, 11) is 0. The zero-order chi connectivity index (χ0) is 14.7. The maximum Gasteiger partial charge on any atom is 0.189 e. The highest BCUT2D eigenvalue weighted by Crippen LogP contribution is 2.38. The van der Waals surface area contributed by atoms with E-state index in [2.05, 4.69) is 10.3 Å². The normalized spacial score (nSPS) is 18.8. The van der Waals surface area contributed by atoms with E-state index in [1.807, 2.05) is 12.1 Å². The van der Waals surface area contributed by atoms with Gasteiger partial charge in [-0.1, -0.05) is 24.4 Å². The molecule has 1 heterocycles. The zero-order valence-corrected chi connectivity index (χ0v) is 12.7. The Kier molecular flexibility index (Phi) is 4.39. The number of hydrogen-bond donors (Lipinski definition) is 2. The molecule has 1 aliphatic heterocycles. The number of benzene rings is 1. The van der Waals surface area contributed by atoms with Gasteiger partial charge in [-0.05, 0) is 30.5 Å². The number of rotatable bonds is 3. The molecule has 3 N–H and O–H groups in total. The van der Waals surface area contributed by atoms with E-state index >= 15 is 0 Å². The molecule has 2 aliphatic rings. The van der Waals surface area contributed by atoms with Crippen LogP contribution in [0.15, 0.2) is 17.1 Å². The monoisotopic (exact) mass is 309 g/mol. The lowest BCUT2D eigenvalue weighted by Crippen LogP contribution is -2.38. The second kappa shape index (κ2) is 6.43. The highest BCUT2D eigenvalue weighted by atomic mass is 35.5. The molecule has 1 fully saturated rings. The van der Waals surface area contributed by atoms with Crippen molar-refractivity contribution in [3.05, 3.63) is 22.7 Å². The first-order chi connectivity index (χ1) is 10.2. The maximum atomic E-state index is 6.20. The van der Waals surface area contributed by atoms with Gasteiger partial charge in [-0.2, -0.15) is 0 Å². The Balaban J connectivity index is 1.65. The molecule has 0 amide bonds. The number of hydrogen-bond acceptors (Lipinski definition) is 3. The minimum absolute atomic E-state index is 0.470. The topological polar surface area (TPSA) is 68.9 Å². The van der Waals surface area contributed by atoms with Crippen molar-refractivity contribution < 1.29 is 9.47 Å². The summed E-state index contributed by atoms with van der Waals surface area (Å²) >= 11 is 6.20. The molecule has 6 heteroatoms. The quantitative estimate of drug-likeness (QED) is 0.665. The number of halogens is 1. The fourth-order valence-electron chi connectivity index (χ4n) is 2.76. The molecule has 1 aromatic rings. The largest absolute Gasteiger partial charge is 0.486 e. The van der Waals surface area contributed by atoms with Crippen LogP contribution in [0.4, 0.5) is 0 Å². The molecule has 0 radical (unpaired) electrons. The number of ether oxygens (including phenoxy) is 2. The van der Waals surface area contributed by atoms with E-state index in [4.69, 9.17) is 26.8 Å². The molecule has 1 saturated carbocycles. The van der Waals surface area contributed by atoms with Crippen LogP contribution in [0.25, 0.3) is 0 Å². The molecule has 21 heavy (non-hydrogen) atoms. The number of nitrogens with one attached hydrogen (secondary N) is 1.